The fraction of sp³-hybridized carbons (Fsp3) is 0.429. The molecule has 0 fully saturated rings. The maximum absolute atomic E-state index is 12.5. The third-order valence-electron chi connectivity index (χ3n) is 4.39. The molecule has 1 atom stereocenters. The summed E-state index contributed by atoms with van der Waals surface area (Å²) >= 11 is 1.55. The Morgan fingerprint density at radius 2 is 2.28 bits per heavy atom. The highest BCUT2D eigenvalue weighted by Gasteiger charge is 2.17. The van der Waals surface area contributed by atoms with Gasteiger partial charge >= 0.3 is 0 Å². The van der Waals surface area contributed by atoms with Crippen LogP contribution in [0.1, 0.15) is 36.2 Å². The molecule has 0 saturated carbocycles. The second-order valence-electron chi connectivity index (χ2n) is 7.26. The topological polar surface area (TPSA) is 91.6 Å². The van der Waals surface area contributed by atoms with Crippen LogP contribution < -0.4 is 5.56 Å². The molecule has 0 aliphatic heterocycles. The number of aromatic nitrogens is 2. The van der Waals surface area contributed by atoms with Crippen LogP contribution in [0.4, 0.5) is 0 Å². The molecule has 0 spiro atoms. The highest BCUT2D eigenvalue weighted by molar-refractivity contribution is 7.18. The first-order valence-electron chi connectivity index (χ1n) is 9.60. The van der Waals surface area contributed by atoms with Crippen molar-refractivity contribution in [1.82, 2.24) is 14.9 Å². The number of fused-ring (bicyclic) bond motifs is 1. The highest BCUT2D eigenvalue weighted by Crippen LogP contribution is 2.27. The minimum absolute atomic E-state index is 0.138. The smallest absolute Gasteiger partial charge is 0.259 e. The first kappa shape index (κ1) is 21.4. The van der Waals surface area contributed by atoms with Crippen molar-refractivity contribution >= 4 is 21.6 Å². The molecule has 0 aliphatic carbocycles. The molecule has 7 nitrogen and oxygen atoms in total. The average molecular weight is 418 g/mol. The van der Waals surface area contributed by atoms with E-state index in [1.165, 1.54) is 0 Å². The van der Waals surface area contributed by atoms with E-state index in [2.05, 4.69) is 30.4 Å². The molecule has 3 rings (SSSR count). The molecule has 0 bridgehead atoms. The number of thiophene rings is 1. The van der Waals surface area contributed by atoms with Gasteiger partial charge in [0.15, 0.2) is 0 Å². The lowest BCUT2D eigenvalue weighted by molar-refractivity contribution is 0.0210. The van der Waals surface area contributed by atoms with Gasteiger partial charge in [0.1, 0.15) is 16.4 Å². The number of hydrogen-bond acceptors (Lipinski definition) is 7. The van der Waals surface area contributed by atoms with E-state index >= 15 is 0 Å². The van der Waals surface area contributed by atoms with Crippen LogP contribution in [0.15, 0.2) is 46.3 Å². The number of ether oxygens (including phenoxy) is 1. The third-order valence-corrected chi connectivity index (χ3v) is 5.72. The number of aliphatic hydroxyl groups excluding tert-OH is 1. The number of aromatic amines is 1. The summed E-state index contributed by atoms with van der Waals surface area (Å²) in [6.07, 6.45) is 2.57. The van der Waals surface area contributed by atoms with E-state index in [1.54, 1.807) is 23.7 Å². The Bertz CT molecular complexity index is 978. The number of H-pyrrole nitrogens is 1. The van der Waals surface area contributed by atoms with Crippen molar-refractivity contribution in [3.63, 3.8) is 0 Å². The molecule has 0 saturated heterocycles. The zero-order chi connectivity index (χ0) is 20.8. The van der Waals surface area contributed by atoms with Gasteiger partial charge in [0.2, 0.25) is 0 Å². The molecule has 3 aromatic heterocycles. The van der Waals surface area contributed by atoms with Gasteiger partial charge in [0, 0.05) is 11.4 Å². The van der Waals surface area contributed by atoms with Crippen LogP contribution in [-0.4, -0.2) is 45.8 Å². The van der Waals surface area contributed by atoms with Crippen molar-refractivity contribution in [3.8, 4) is 0 Å². The van der Waals surface area contributed by atoms with Crippen LogP contribution in [0.2, 0.25) is 0 Å². The number of furan rings is 1. The van der Waals surface area contributed by atoms with Gasteiger partial charge in [-0.05, 0) is 24.1 Å². The second kappa shape index (κ2) is 9.98. The SMILES string of the molecule is C=CCOCC(O)CN(Cc1nc2sc(C(C)C)cc2c(=O)[nH]1)Cc1ccco1. The van der Waals surface area contributed by atoms with Gasteiger partial charge in [-0.25, -0.2) is 4.98 Å². The lowest BCUT2D eigenvalue weighted by atomic mass is 10.2. The van der Waals surface area contributed by atoms with E-state index < -0.39 is 6.10 Å². The van der Waals surface area contributed by atoms with Crippen molar-refractivity contribution in [2.75, 3.05) is 19.8 Å². The van der Waals surface area contributed by atoms with E-state index in [4.69, 9.17) is 9.15 Å². The molecule has 8 heteroatoms. The molecular weight excluding hydrogens is 390 g/mol. The van der Waals surface area contributed by atoms with Gasteiger partial charge in [0.25, 0.3) is 5.56 Å². The first-order valence-corrected chi connectivity index (χ1v) is 10.4. The van der Waals surface area contributed by atoms with Crippen LogP contribution in [0.5, 0.6) is 0 Å². The number of aliphatic hydroxyl groups is 1. The molecule has 3 aromatic rings. The molecule has 0 amide bonds. The van der Waals surface area contributed by atoms with Gasteiger partial charge in [-0.1, -0.05) is 19.9 Å². The van der Waals surface area contributed by atoms with Crippen LogP contribution in [0, 0.1) is 0 Å². The summed E-state index contributed by atoms with van der Waals surface area (Å²) in [4.78, 5) is 23.9. The number of hydrogen-bond donors (Lipinski definition) is 2. The van der Waals surface area contributed by atoms with E-state index in [0.717, 1.165) is 15.5 Å². The Balaban J connectivity index is 1.78. The summed E-state index contributed by atoms with van der Waals surface area (Å²) in [7, 11) is 0. The average Bonchev–Trinajstić information content (AvgIpc) is 3.31. The zero-order valence-electron chi connectivity index (χ0n) is 16.8. The molecule has 156 valence electrons. The van der Waals surface area contributed by atoms with Gasteiger partial charge in [-0.2, -0.15) is 0 Å². The van der Waals surface area contributed by atoms with Crippen molar-refractivity contribution in [2.45, 2.75) is 39.0 Å². The fourth-order valence-electron chi connectivity index (χ4n) is 3.01. The van der Waals surface area contributed by atoms with Gasteiger partial charge in [-0.3, -0.25) is 9.69 Å². The molecule has 1 unspecified atom stereocenters. The molecule has 0 aromatic carbocycles. The molecule has 29 heavy (non-hydrogen) atoms. The standard InChI is InChI=1S/C21H27N3O4S/c1-4-7-27-13-15(25)10-24(11-16-6-5-8-28-16)12-19-22-20(26)17-9-18(14(2)3)29-21(17)23-19/h4-6,8-9,14-15,25H,1,7,10-13H2,2-3H3,(H,22,23,26). The minimum atomic E-state index is -0.686. The van der Waals surface area contributed by atoms with Gasteiger partial charge in [-0.15, -0.1) is 17.9 Å². The van der Waals surface area contributed by atoms with Gasteiger partial charge in [0.05, 0.1) is 44.1 Å². The Morgan fingerprint density at radius 3 is 2.97 bits per heavy atom. The molecule has 2 N–H and O–H groups in total. The minimum Gasteiger partial charge on any atom is -0.468 e. The summed E-state index contributed by atoms with van der Waals surface area (Å²) in [5, 5.41) is 10.9. The quantitative estimate of drug-likeness (QED) is 0.368. The van der Waals surface area contributed by atoms with Crippen LogP contribution in [-0.2, 0) is 17.8 Å². The Labute approximate surface area is 173 Å². The van der Waals surface area contributed by atoms with Crippen LogP contribution >= 0.6 is 11.3 Å². The van der Waals surface area contributed by atoms with E-state index in [-0.39, 0.29) is 12.2 Å². The molecule has 3 heterocycles. The van der Waals surface area contributed by atoms with Crippen LogP contribution in [0.3, 0.4) is 0 Å². The molecule has 0 aliphatic rings. The summed E-state index contributed by atoms with van der Waals surface area (Å²) in [6.45, 7) is 9.59. The maximum Gasteiger partial charge on any atom is 0.259 e. The highest BCUT2D eigenvalue weighted by atomic mass is 32.1. The monoisotopic (exact) mass is 417 g/mol. The largest absolute Gasteiger partial charge is 0.468 e. The summed E-state index contributed by atoms with van der Waals surface area (Å²) in [6, 6.07) is 5.62. The fourth-order valence-corrected chi connectivity index (χ4v) is 4.07. The van der Waals surface area contributed by atoms with Crippen molar-refractivity contribution in [1.29, 1.82) is 0 Å². The summed E-state index contributed by atoms with van der Waals surface area (Å²) in [5.74, 6) is 1.68. The Kier molecular flexibility index (Phi) is 7.38. The predicted molar refractivity (Wildman–Crippen MR) is 114 cm³/mol. The molecular formula is C21H27N3O4S. The number of rotatable bonds is 11. The second-order valence-corrected chi connectivity index (χ2v) is 8.33. The number of nitrogens with one attached hydrogen (secondary N) is 1. The zero-order valence-corrected chi connectivity index (χ0v) is 17.6. The van der Waals surface area contributed by atoms with E-state index in [9.17, 15) is 9.90 Å². The predicted octanol–water partition coefficient (Wildman–Crippen LogP) is 3.27. The van der Waals surface area contributed by atoms with Crippen LogP contribution in [0.25, 0.3) is 10.2 Å². The third kappa shape index (κ3) is 5.86. The van der Waals surface area contributed by atoms with Crippen molar-refractivity contribution in [2.24, 2.45) is 0 Å². The van der Waals surface area contributed by atoms with E-state index in [0.29, 0.717) is 43.4 Å². The normalized spacial score (nSPS) is 12.9. The lowest BCUT2D eigenvalue weighted by Crippen LogP contribution is -2.35. The lowest BCUT2D eigenvalue weighted by Gasteiger charge is -2.23. The summed E-state index contributed by atoms with van der Waals surface area (Å²) in [5.41, 5.74) is -0.138. The summed E-state index contributed by atoms with van der Waals surface area (Å²) < 4.78 is 10.8. The first-order chi connectivity index (χ1) is 14.0. The Hall–Kier alpha value is -2.26. The van der Waals surface area contributed by atoms with Gasteiger partial charge < -0.3 is 19.2 Å². The van der Waals surface area contributed by atoms with Crippen molar-refractivity contribution in [3.05, 3.63) is 63.9 Å². The maximum atomic E-state index is 12.5. The Morgan fingerprint density at radius 1 is 1.45 bits per heavy atom. The molecule has 0 radical (unpaired) electrons. The number of nitrogens with zero attached hydrogens (tertiary/aromatic N) is 2. The van der Waals surface area contributed by atoms with E-state index in [1.807, 2.05) is 23.1 Å². The van der Waals surface area contributed by atoms with Crippen molar-refractivity contribution < 1.29 is 14.3 Å².